The zero-order chi connectivity index (χ0) is 20.2. The Bertz CT molecular complexity index is 1070. The molecule has 0 aliphatic carbocycles. The van der Waals surface area contributed by atoms with Crippen LogP contribution in [0.25, 0.3) is 22.1 Å². The number of likely N-dealkylation sites (N-methyl/N-ethyl adjacent to an activating group) is 1. The highest BCUT2D eigenvalue weighted by atomic mass is 35.5. The number of carbonyl (C=O) groups is 1. The maximum atomic E-state index is 12.3. The molecular formula is C19H22ClN5O3. The fraction of sp³-hybridized carbons (Fsp3) is 0.421. The molecule has 2 N–H and O–H groups in total. The van der Waals surface area contributed by atoms with Gasteiger partial charge in [0, 0.05) is 30.5 Å². The van der Waals surface area contributed by atoms with E-state index in [4.69, 9.17) is 26.5 Å². The van der Waals surface area contributed by atoms with Crippen LogP contribution in [0.3, 0.4) is 0 Å². The predicted molar refractivity (Wildman–Crippen MR) is 109 cm³/mol. The number of aromatic nitrogens is 2. The number of rotatable bonds is 2. The number of fused-ring (bicyclic) bond motifs is 3. The summed E-state index contributed by atoms with van der Waals surface area (Å²) < 4.78 is 11.4. The second-order valence-corrected chi connectivity index (χ2v) is 8.41. The zero-order valence-corrected chi connectivity index (χ0v) is 16.9. The van der Waals surface area contributed by atoms with Crippen LogP contribution in [-0.4, -0.2) is 52.7 Å². The van der Waals surface area contributed by atoms with Gasteiger partial charge >= 0.3 is 6.09 Å². The van der Waals surface area contributed by atoms with Crippen LogP contribution >= 0.6 is 11.6 Å². The van der Waals surface area contributed by atoms with Crippen molar-refractivity contribution in [2.24, 2.45) is 0 Å². The molecule has 1 saturated heterocycles. The maximum absolute atomic E-state index is 12.3. The van der Waals surface area contributed by atoms with Crippen molar-refractivity contribution >= 4 is 51.5 Å². The quantitative estimate of drug-likeness (QED) is 0.697. The Morgan fingerprint density at radius 3 is 2.75 bits per heavy atom. The van der Waals surface area contributed by atoms with Gasteiger partial charge in [-0.2, -0.15) is 4.98 Å². The average Bonchev–Trinajstić information content (AvgIpc) is 2.89. The van der Waals surface area contributed by atoms with Crippen LogP contribution in [0, 0.1) is 0 Å². The van der Waals surface area contributed by atoms with Crippen molar-refractivity contribution in [3.63, 3.8) is 0 Å². The molecule has 8 nitrogen and oxygen atoms in total. The SMILES string of the molecule is CN(C(=O)OC(C)(C)C)C1CN(c2nc(N)nc3c2oc2ccc(Cl)cc23)C1. The summed E-state index contributed by atoms with van der Waals surface area (Å²) in [5.74, 6) is 0.776. The van der Waals surface area contributed by atoms with Crippen molar-refractivity contribution in [2.75, 3.05) is 30.8 Å². The van der Waals surface area contributed by atoms with Gasteiger partial charge in [-0.05, 0) is 39.0 Å². The highest BCUT2D eigenvalue weighted by Crippen LogP contribution is 2.36. The number of nitrogens with zero attached hydrogens (tertiary/aromatic N) is 4. The predicted octanol–water partition coefficient (Wildman–Crippen LogP) is 3.67. The topological polar surface area (TPSA) is 97.7 Å². The van der Waals surface area contributed by atoms with Crippen LogP contribution in [0.1, 0.15) is 20.8 Å². The summed E-state index contributed by atoms with van der Waals surface area (Å²) in [6.07, 6.45) is -0.345. The Morgan fingerprint density at radius 1 is 1.36 bits per heavy atom. The Balaban J connectivity index is 1.59. The van der Waals surface area contributed by atoms with Crippen molar-refractivity contribution in [1.29, 1.82) is 0 Å². The smallest absolute Gasteiger partial charge is 0.410 e. The fourth-order valence-electron chi connectivity index (χ4n) is 3.19. The number of hydrogen-bond donors (Lipinski definition) is 1. The molecule has 1 fully saturated rings. The van der Waals surface area contributed by atoms with Crippen LogP contribution in [0.15, 0.2) is 22.6 Å². The zero-order valence-electron chi connectivity index (χ0n) is 16.2. The molecular weight excluding hydrogens is 382 g/mol. The van der Waals surface area contributed by atoms with Crippen LogP contribution in [0.4, 0.5) is 16.6 Å². The number of halogens is 1. The van der Waals surface area contributed by atoms with Gasteiger partial charge in [-0.1, -0.05) is 11.6 Å². The van der Waals surface area contributed by atoms with Crippen LogP contribution in [-0.2, 0) is 4.74 Å². The minimum Gasteiger partial charge on any atom is -0.450 e. The van der Waals surface area contributed by atoms with Gasteiger partial charge in [-0.3, -0.25) is 0 Å². The molecule has 3 aromatic rings. The van der Waals surface area contributed by atoms with E-state index >= 15 is 0 Å². The molecule has 9 heteroatoms. The van der Waals surface area contributed by atoms with E-state index in [0.717, 1.165) is 5.39 Å². The highest BCUT2D eigenvalue weighted by molar-refractivity contribution is 6.31. The normalized spacial score (nSPS) is 15.1. The van der Waals surface area contributed by atoms with Gasteiger partial charge in [0.15, 0.2) is 11.4 Å². The summed E-state index contributed by atoms with van der Waals surface area (Å²) in [7, 11) is 1.74. The van der Waals surface area contributed by atoms with Crippen molar-refractivity contribution in [3.05, 3.63) is 23.2 Å². The fourth-order valence-corrected chi connectivity index (χ4v) is 3.36. The maximum Gasteiger partial charge on any atom is 0.410 e. The Morgan fingerprint density at radius 2 is 2.07 bits per heavy atom. The molecule has 0 radical (unpaired) electrons. The molecule has 0 spiro atoms. The van der Waals surface area contributed by atoms with E-state index in [1.165, 1.54) is 0 Å². The monoisotopic (exact) mass is 403 g/mol. The van der Waals surface area contributed by atoms with E-state index in [9.17, 15) is 4.79 Å². The van der Waals surface area contributed by atoms with Crippen LogP contribution in [0.2, 0.25) is 5.02 Å². The van der Waals surface area contributed by atoms with E-state index in [-0.39, 0.29) is 18.1 Å². The first-order chi connectivity index (χ1) is 13.1. The van der Waals surface area contributed by atoms with Crippen LogP contribution in [0.5, 0.6) is 0 Å². The first-order valence-electron chi connectivity index (χ1n) is 8.98. The summed E-state index contributed by atoms with van der Waals surface area (Å²) in [6.45, 7) is 6.73. The molecule has 1 aliphatic heterocycles. The minimum atomic E-state index is -0.530. The van der Waals surface area contributed by atoms with Crippen molar-refractivity contribution in [1.82, 2.24) is 14.9 Å². The van der Waals surface area contributed by atoms with Gasteiger partial charge in [0.2, 0.25) is 5.95 Å². The van der Waals surface area contributed by atoms with Gasteiger partial charge in [0.25, 0.3) is 0 Å². The molecule has 4 rings (SSSR count). The number of furan rings is 1. The van der Waals surface area contributed by atoms with E-state index in [0.29, 0.717) is 40.6 Å². The number of hydrogen-bond acceptors (Lipinski definition) is 7. The minimum absolute atomic E-state index is 0.0138. The third kappa shape index (κ3) is 3.28. The van der Waals surface area contributed by atoms with Crippen molar-refractivity contribution in [3.8, 4) is 0 Å². The van der Waals surface area contributed by atoms with E-state index in [1.807, 2.05) is 25.7 Å². The molecule has 0 saturated carbocycles. The average molecular weight is 404 g/mol. The van der Waals surface area contributed by atoms with E-state index < -0.39 is 5.60 Å². The molecule has 1 aliphatic rings. The van der Waals surface area contributed by atoms with E-state index in [1.54, 1.807) is 30.1 Å². The Kier molecular flexibility index (Phi) is 4.26. The van der Waals surface area contributed by atoms with Crippen molar-refractivity contribution in [2.45, 2.75) is 32.4 Å². The number of ether oxygens (including phenoxy) is 1. The molecule has 1 aromatic carbocycles. The molecule has 28 heavy (non-hydrogen) atoms. The molecule has 1 amide bonds. The number of carbonyl (C=O) groups excluding carboxylic acids is 1. The lowest BCUT2D eigenvalue weighted by Gasteiger charge is -2.44. The third-order valence-corrected chi connectivity index (χ3v) is 4.90. The Hall–Kier alpha value is -2.74. The molecule has 3 heterocycles. The lowest BCUT2D eigenvalue weighted by molar-refractivity contribution is 0.0196. The Labute approximate surface area is 167 Å². The lowest BCUT2D eigenvalue weighted by atomic mass is 10.1. The summed E-state index contributed by atoms with van der Waals surface area (Å²) in [5, 5.41) is 1.39. The first kappa shape index (κ1) is 18.6. The number of amides is 1. The first-order valence-corrected chi connectivity index (χ1v) is 9.36. The van der Waals surface area contributed by atoms with Gasteiger partial charge in [-0.15, -0.1) is 0 Å². The van der Waals surface area contributed by atoms with Gasteiger partial charge in [0.1, 0.15) is 16.7 Å². The van der Waals surface area contributed by atoms with Crippen LogP contribution < -0.4 is 10.6 Å². The number of nitrogen functional groups attached to an aromatic ring is 1. The summed E-state index contributed by atoms with van der Waals surface area (Å²) in [5.41, 5.74) is 7.26. The summed E-state index contributed by atoms with van der Waals surface area (Å²) >= 11 is 6.11. The second-order valence-electron chi connectivity index (χ2n) is 7.98. The molecule has 148 valence electrons. The number of benzene rings is 1. The van der Waals surface area contributed by atoms with E-state index in [2.05, 4.69) is 9.97 Å². The molecule has 2 aromatic heterocycles. The lowest BCUT2D eigenvalue weighted by Crippen LogP contribution is -2.60. The highest BCUT2D eigenvalue weighted by Gasteiger charge is 2.36. The largest absolute Gasteiger partial charge is 0.450 e. The molecule has 0 unspecified atom stereocenters. The van der Waals surface area contributed by atoms with Crippen molar-refractivity contribution < 1.29 is 13.9 Å². The standard InChI is InChI=1S/C19H22ClN5O3/c1-19(2,3)28-18(26)24(4)11-8-25(9-11)16-15-14(22-17(21)23-16)12-7-10(20)5-6-13(12)27-15/h5-7,11H,8-9H2,1-4H3,(H2,21,22,23). The molecule has 0 atom stereocenters. The summed E-state index contributed by atoms with van der Waals surface area (Å²) in [4.78, 5) is 24.6. The number of anilines is 2. The molecule has 0 bridgehead atoms. The number of nitrogens with two attached hydrogens (primary N) is 1. The van der Waals surface area contributed by atoms with Gasteiger partial charge in [-0.25, -0.2) is 9.78 Å². The summed E-state index contributed by atoms with van der Waals surface area (Å²) in [6, 6.07) is 5.38. The third-order valence-electron chi connectivity index (χ3n) is 4.66. The van der Waals surface area contributed by atoms with Gasteiger partial charge < -0.3 is 24.7 Å². The van der Waals surface area contributed by atoms with Gasteiger partial charge in [0.05, 0.1) is 6.04 Å². The second kappa shape index (κ2) is 6.41.